The van der Waals surface area contributed by atoms with Crippen molar-refractivity contribution in [3.05, 3.63) is 29.8 Å². The number of sulfone groups is 1. The molecule has 5 heteroatoms. The Bertz CT molecular complexity index is 595. The summed E-state index contributed by atoms with van der Waals surface area (Å²) in [5, 5.41) is 3.03. The maximum absolute atomic E-state index is 12.2. The van der Waals surface area contributed by atoms with Crippen molar-refractivity contribution in [2.24, 2.45) is 5.92 Å². The number of hydrogen-bond acceptors (Lipinski definition) is 3. The smallest absolute Gasteiger partial charge is 0.251 e. The van der Waals surface area contributed by atoms with Crippen LogP contribution in [0.5, 0.6) is 0 Å². The molecule has 20 heavy (non-hydrogen) atoms. The first kappa shape index (κ1) is 15.0. The Morgan fingerprint density at radius 3 is 2.60 bits per heavy atom. The molecule has 1 N–H and O–H groups in total. The van der Waals surface area contributed by atoms with Crippen LogP contribution in [0.15, 0.2) is 29.2 Å². The van der Waals surface area contributed by atoms with Gasteiger partial charge < -0.3 is 5.32 Å². The van der Waals surface area contributed by atoms with Crippen LogP contribution in [0.25, 0.3) is 0 Å². The molecule has 0 heterocycles. The highest BCUT2D eigenvalue weighted by atomic mass is 32.2. The third-order valence-corrected chi connectivity index (χ3v) is 5.06. The van der Waals surface area contributed by atoms with Crippen LogP contribution in [-0.2, 0) is 9.84 Å². The molecule has 1 aromatic carbocycles. The molecule has 0 radical (unpaired) electrons. The van der Waals surface area contributed by atoms with Crippen molar-refractivity contribution in [2.75, 3.05) is 6.26 Å². The minimum Gasteiger partial charge on any atom is -0.349 e. The van der Waals surface area contributed by atoms with E-state index in [0.29, 0.717) is 11.5 Å². The first-order chi connectivity index (χ1) is 9.38. The predicted octanol–water partition coefficient (Wildman–Crippen LogP) is 2.40. The zero-order chi connectivity index (χ0) is 14.8. The predicted molar refractivity (Wildman–Crippen MR) is 78.4 cm³/mol. The molecular formula is C15H21NO3S. The molecule has 1 aromatic rings. The van der Waals surface area contributed by atoms with E-state index in [1.807, 2.05) is 0 Å². The number of carbonyl (C=O) groups is 1. The van der Waals surface area contributed by atoms with Crippen LogP contribution in [0.1, 0.15) is 43.0 Å². The van der Waals surface area contributed by atoms with E-state index in [1.165, 1.54) is 18.6 Å². The highest BCUT2D eigenvalue weighted by Crippen LogP contribution is 2.24. The van der Waals surface area contributed by atoms with Gasteiger partial charge in [0.2, 0.25) is 0 Å². The van der Waals surface area contributed by atoms with Gasteiger partial charge in [0.1, 0.15) is 0 Å². The van der Waals surface area contributed by atoms with Crippen molar-refractivity contribution in [1.29, 1.82) is 0 Å². The molecule has 110 valence electrons. The summed E-state index contributed by atoms with van der Waals surface area (Å²) in [5.74, 6) is 0.292. The topological polar surface area (TPSA) is 63.2 Å². The minimum absolute atomic E-state index is 0.182. The van der Waals surface area contributed by atoms with Gasteiger partial charge >= 0.3 is 0 Å². The van der Waals surface area contributed by atoms with E-state index in [4.69, 9.17) is 0 Å². The van der Waals surface area contributed by atoms with Crippen LogP contribution >= 0.6 is 0 Å². The lowest BCUT2D eigenvalue weighted by atomic mass is 9.86. The number of amides is 1. The fourth-order valence-corrected chi connectivity index (χ4v) is 3.32. The first-order valence-electron chi connectivity index (χ1n) is 6.99. The van der Waals surface area contributed by atoms with Crippen LogP contribution in [0.2, 0.25) is 0 Å². The fraction of sp³-hybridized carbons (Fsp3) is 0.533. The molecule has 4 nitrogen and oxygen atoms in total. The van der Waals surface area contributed by atoms with E-state index >= 15 is 0 Å². The molecular weight excluding hydrogens is 274 g/mol. The Morgan fingerprint density at radius 1 is 1.25 bits per heavy atom. The number of rotatable bonds is 3. The Balaban J connectivity index is 2.13. The van der Waals surface area contributed by atoms with E-state index in [-0.39, 0.29) is 16.8 Å². The van der Waals surface area contributed by atoms with Crippen molar-refractivity contribution in [2.45, 2.75) is 43.5 Å². The van der Waals surface area contributed by atoms with Gasteiger partial charge in [-0.25, -0.2) is 8.42 Å². The van der Waals surface area contributed by atoms with Gasteiger partial charge in [0, 0.05) is 17.9 Å². The maximum atomic E-state index is 12.2. The Hall–Kier alpha value is -1.36. The number of nitrogens with one attached hydrogen (secondary N) is 1. The lowest BCUT2D eigenvalue weighted by Crippen LogP contribution is -2.41. The highest BCUT2D eigenvalue weighted by Gasteiger charge is 2.23. The maximum Gasteiger partial charge on any atom is 0.251 e. The van der Waals surface area contributed by atoms with Crippen LogP contribution in [0.3, 0.4) is 0 Å². The third-order valence-electron chi connectivity index (χ3n) is 3.95. The number of hydrogen-bond donors (Lipinski definition) is 1. The molecule has 0 aliphatic heterocycles. The van der Waals surface area contributed by atoms with Crippen LogP contribution < -0.4 is 5.32 Å². The lowest BCUT2D eigenvalue weighted by Gasteiger charge is -2.29. The Morgan fingerprint density at radius 2 is 1.95 bits per heavy atom. The van der Waals surface area contributed by atoms with Gasteiger partial charge in [-0.05, 0) is 37.0 Å². The van der Waals surface area contributed by atoms with Gasteiger partial charge in [-0.1, -0.05) is 25.8 Å². The summed E-state index contributed by atoms with van der Waals surface area (Å²) < 4.78 is 23.0. The summed E-state index contributed by atoms with van der Waals surface area (Å²) in [6, 6.07) is 6.40. The van der Waals surface area contributed by atoms with Crippen LogP contribution in [-0.4, -0.2) is 26.6 Å². The van der Waals surface area contributed by atoms with Gasteiger partial charge in [0.15, 0.2) is 9.84 Å². The average Bonchev–Trinajstić information content (AvgIpc) is 2.40. The molecule has 1 saturated carbocycles. The molecule has 1 fully saturated rings. The van der Waals surface area contributed by atoms with Crippen LogP contribution in [0, 0.1) is 5.92 Å². The van der Waals surface area contributed by atoms with Gasteiger partial charge in [-0.15, -0.1) is 0 Å². The van der Waals surface area contributed by atoms with E-state index in [1.54, 1.807) is 12.1 Å². The second kappa shape index (κ2) is 5.95. The molecule has 2 rings (SSSR count). The standard InChI is InChI=1S/C15H21NO3S/c1-11-6-3-4-9-14(11)16-15(17)12-7-5-8-13(10-12)20(2,18)19/h5,7-8,10-11,14H,3-4,6,9H2,1-2H3,(H,16,17). The molecule has 0 bridgehead atoms. The zero-order valence-corrected chi connectivity index (χ0v) is 12.7. The quantitative estimate of drug-likeness (QED) is 0.931. The van der Waals surface area contributed by atoms with E-state index in [0.717, 1.165) is 25.5 Å². The Kier molecular flexibility index (Phi) is 4.48. The van der Waals surface area contributed by atoms with E-state index in [2.05, 4.69) is 12.2 Å². The lowest BCUT2D eigenvalue weighted by molar-refractivity contribution is 0.0910. The summed E-state index contributed by atoms with van der Waals surface area (Å²) in [7, 11) is -3.28. The summed E-state index contributed by atoms with van der Waals surface area (Å²) >= 11 is 0. The SMILES string of the molecule is CC1CCCCC1NC(=O)c1cccc(S(C)(=O)=O)c1. The third kappa shape index (κ3) is 3.60. The van der Waals surface area contributed by atoms with Crippen LogP contribution in [0.4, 0.5) is 0 Å². The van der Waals surface area contributed by atoms with Gasteiger partial charge in [-0.2, -0.15) is 0 Å². The average molecular weight is 295 g/mol. The summed E-state index contributed by atoms with van der Waals surface area (Å²) in [5.41, 5.74) is 0.408. The van der Waals surface area contributed by atoms with Crippen molar-refractivity contribution in [3.63, 3.8) is 0 Å². The van der Waals surface area contributed by atoms with E-state index in [9.17, 15) is 13.2 Å². The summed E-state index contributed by atoms with van der Waals surface area (Å²) in [4.78, 5) is 12.4. The fourth-order valence-electron chi connectivity index (χ4n) is 2.65. The molecule has 2 unspecified atom stereocenters. The second-order valence-corrected chi connectivity index (χ2v) is 7.66. The van der Waals surface area contributed by atoms with Crippen molar-refractivity contribution < 1.29 is 13.2 Å². The molecule has 0 saturated heterocycles. The summed E-state index contributed by atoms with van der Waals surface area (Å²) in [6.45, 7) is 2.15. The minimum atomic E-state index is -3.28. The Labute approximate surface area is 120 Å². The molecule has 1 aliphatic rings. The van der Waals surface area contributed by atoms with Gasteiger partial charge in [0.25, 0.3) is 5.91 Å². The largest absolute Gasteiger partial charge is 0.349 e. The van der Waals surface area contributed by atoms with Crippen molar-refractivity contribution in [3.8, 4) is 0 Å². The molecule has 0 spiro atoms. The molecule has 2 atom stereocenters. The van der Waals surface area contributed by atoms with Gasteiger partial charge in [-0.3, -0.25) is 4.79 Å². The zero-order valence-electron chi connectivity index (χ0n) is 11.9. The first-order valence-corrected chi connectivity index (χ1v) is 8.88. The van der Waals surface area contributed by atoms with Crippen molar-refractivity contribution in [1.82, 2.24) is 5.32 Å². The molecule has 0 aromatic heterocycles. The second-order valence-electron chi connectivity index (χ2n) is 5.64. The number of carbonyl (C=O) groups excluding carboxylic acids is 1. The monoisotopic (exact) mass is 295 g/mol. The highest BCUT2D eigenvalue weighted by molar-refractivity contribution is 7.90. The van der Waals surface area contributed by atoms with Gasteiger partial charge in [0.05, 0.1) is 4.90 Å². The normalized spacial score (nSPS) is 23.3. The van der Waals surface area contributed by atoms with Crippen molar-refractivity contribution >= 4 is 15.7 Å². The molecule has 1 aliphatic carbocycles. The number of benzene rings is 1. The molecule has 1 amide bonds. The summed E-state index contributed by atoms with van der Waals surface area (Å²) in [6.07, 6.45) is 5.63. The van der Waals surface area contributed by atoms with E-state index < -0.39 is 9.84 Å².